The van der Waals surface area contributed by atoms with Crippen LogP contribution in [0.3, 0.4) is 0 Å². The van der Waals surface area contributed by atoms with E-state index in [9.17, 15) is 0 Å². The standard InChI is InChI=1S/C8H16O2S/c1-6-4-8(10-11-3)5-7(2)9-6/h6-8H,4-5H2,1-3H3. The highest BCUT2D eigenvalue weighted by Gasteiger charge is 2.24. The summed E-state index contributed by atoms with van der Waals surface area (Å²) in [5, 5.41) is 0. The summed E-state index contributed by atoms with van der Waals surface area (Å²) in [4.78, 5) is 0. The Labute approximate surface area is 72.8 Å². The second-order valence-corrected chi connectivity index (χ2v) is 3.64. The molecule has 0 bridgehead atoms. The van der Waals surface area contributed by atoms with Crippen LogP contribution in [0.2, 0.25) is 0 Å². The summed E-state index contributed by atoms with van der Waals surface area (Å²) in [6, 6.07) is 0. The molecule has 1 heterocycles. The van der Waals surface area contributed by atoms with Crippen molar-refractivity contribution in [1.82, 2.24) is 0 Å². The second kappa shape index (κ2) is 4.33. The van der Waals surface area contributed by atoms with Crippen molar-refractivity contribution in [3.8, 4) is 0 Å². The number of ether oxygens (including phenoxy) is 1. The first-order valence-corrected chi connectivity index (χ1v) is 5.22. The van der Waals surface area contributed by atoms with Crippen LogP contribution in [0.25, 0.3) is 0 Å². The molecule has 0 aromatic carbocycles. The van der Waals surface area contributed by atoms with Crippen LogP contribution in [-0.4, -0.2) is 24.6 Å². The summed E-state index contributed by atoms with van der Waals surface area (Å²) in [6.45, 7) is 4.21. The van der Waals surface area contributed by atoms with Crippen LogP contribution in [-0.2, 0) is 8.92 Å². The van der Waals surface area contributed by atoms with E-state index in [0.29, 0.717) is 18.3 Å². The maximum absolute atomic E-state index is 5.57. The zero-order valence-electron chi connectivity index (χ0n) is 7.37. The molecule has 1 fully saturated rings. The van der Waals surface area contributed by atoms with Gasteiger partial charge in [0.15, 0.2) is 0 Å². The molecule has 66 valence electrons. The van der Waals surface area contributed by atoms with Crippen molar-refractivity contribution in [2.75, 3.05) is 6.26 Å². The SMILES string of the molecule is CSOC1CC(C)OC(C)C1. The molecule has 1 aliphatic rings. The lowest BCUT2D eigenvalue weighted by molar-refractivity contribution is -0.0680. The van der Waals surface area contributed by atoms with E-state index in [4.69, 9.17) is 8.92 Å². The average molecular weight is 176 g/mol. The Morgan fingerprint density at radius 2 is 1.82 bits per heavy atom. The molecule has 3 heteroatoms. The van der Waals surface area contributed by atoms with Crippen molar-refractivity contribution >= 4 is 12.0 Å². The van der Waals surface area contributed by atoms with Gasteiger partial charge in [0.2, 0.25) is 0 Å². The van der Waals surface area contributed by atoms with Gasteiger partial charge in [-0.1, -0.05) is 0 Å². The molecule has 2 atom stereocenters. The van der Waals surface area contributed by atoms with Gasteiger partial charge in [-0.05, 0) is 25.9 Å². The van der Waals surface area contributed by atoms with E-state index in [-0.39, 0.29) is 0 Å². The fourth-order valence-electron chi connectivity index (χ4n) is 1.56. The van der Waals surface area contributed by atoms with Crippen molar-refractivity contribution in [2.45, 2.75) is 45.0 Å². The lowest BCUT2D eigenvalue weighted by atomic mass is 10.0. The highest BCUT2D eigenvalue weighted by Crippen LogP contribution is 2.23. The zero-order chi connectivity index (χ0) is 8.27. The Kier molecular flexibility index (Phi) is 3.69. The van der Waals surface area contributed by atoms with Gasteiger partial charge in [0.05, 0.1) is 18.3 Å². The molecule has 11 heavy (non-hydrogen) atoms. The molecule has 1 rings (SSSR count). The smallest absolute Gasteiger partial charge is 0.0771 e. The maximum Gasteiger partial charge on any atom is 0.0771 e. The van der Waals surface area contributed by atoms with Crippen molar-refractivity contribution in [1.29, 1.82) is 0 Å². The Morgan fingerprint density at radius 3 is 2.27 bits per heavy atom. The summed E-state index contributed by atoms with van der Waals surface area (Å²) >= 11 is 1.46. The normalized spacial score (nSPS) is 39.0. The predicted octanol–water partition coefficient (Wildman–Crippen LogP) is 2.24. The first-order chi connectivity index (χ1) is 5.22. The topological polar surface area (TPSA) is 18.5 Å². The molecule has 2 unspecified atom stereocenters. The molecular formula is C8H16O2S. The molecule has 1 saturated heterocycles. The van der Waals surface area contributed by atoms with Crippen LogP contribution in [0.1, 0.15) is 26.7 Å². The third-order valence-corrected chi connectivity index (χ3v) is 2.35. The number of hydrogen-bond acceptors (Lipinski definition) is 3. The molecule has 0 amide bonds. The van der Waals surface area contributed by atoms with Crippen molar-refractivity contribution in [2.24, 2.45) is 0 Å². The van der Waals surface area contributed by atoms with Crippen LogP contribution in [0.5, 0.6) is 0 Å². The van der Waals surface area contributed by atoms with Crippen LogP contribution in [0.4, 0.5) is 0 Å². The van der Waals surface area contributed by atoms with Gasteiger partial charge in [-0.3, -0.25) is 0 Å². The summed E-state index contributed by atoms with van der Waals surface area (Å²) in [7, 11) is 0. The minimum Gasteiger partial charge on any atom is -0.375 e. The molecule has 0 aliphatic carbocycles. The summed E-state index contributed by atoms with van der Waals surface area (Å²) in [5.41, 5.74) is 0. The van der Waals surface area contributed by atoms with Crippen LogP contribution >= 0.6 is 12.0 Å². The Bertz CT molecular complexity index is 109. The highest BCUT2D eigenvalue weighted by molar-refractivity contribution is 7.93. The van der Waals surface area contributed by atoms with E-state index in [1.54, 1.807) is 0 Å². The Morgan fingerprint density at radius 1 is 1.27 bits per heavy atom. The average Bonchev–Trinajstić information content (AvgIpc) is 1.85. The summed E-state index contributed by atoms with van der Waals surface area (Å²) in [5.74, 6) is 0. The highest BCUT2D eigenvalue weighted by atomic mass is 32.2. The monoisotopic (exact) mass is 176 g/mol. The third kappa shape index (κ3) is 3.01. The first kappa shape index (κ1) is 9.36. The summed E-state index contributed by atoms with van der Waals surface area (Å²) in [6.07, 6.45) is 5.14. The van der Waals surface area contributed by atoms with Crippen molar-refractivity contribution < 1.29 is 8.92 Å². The van der Waals surface area contributed by atoms with Gasteiger partial charge in [0.1, 0.15) is 0 Å². The van der Waals surface area contributed by atoms with Gasteiger partial charge in [0.25, 0.3) is 0 Å². The van der Waals surface area contributed by atoms with E-state index >= 15 is 0 Å². The van der Waals surface area contributed by atoms with Gasteiger partial charge < -0.3 is 8.92 Å². The molecule has 0 spiro atoms. The molecule has 0 radical (unpaired) electrons. The van der Waals surface area contributed by atoms with Gasteiger partial charge in [0, 0.05) is 19.1 Å². The van der Waals surface area contributed by atoms with Crippen LogP contribution in [0, 0.1) is 0 Å². The molecule has 0 saturated carbocycles. The number of rotatable bonds is 2. The van der Waals surface area contributed by atoms with Gasteiger partial charge in [-0.25, -0.2) is 0 Å². The van der Waals surface area contributed by atoms with E-state index < -0.39 is 0 Å². The second-order valence-electron chi connectivity index (χ2n) is 3.11. The molecule has 2 nitrogen and oxygen atoms in total. The van der Waals surface area contributed by atoms with Crippen LogP contribution < -0.4 is 0 Å². The van der Waals surface area contributed by atoms with Crippen molar-refractivity contribution in [3.63, 3.8) is 0 Å². The van der Waals surface area contributed by atoms with E-state index in [1.807, 2.05) is 6.26 Å². The maximum atomic E-state index is 5.57. The predicted molar refractivity (Wildman–Crippen MR) is 47.6 cm³/mol. The fourth-order valence-corrected chi connectivity index (χ4v) is 1.99. The van der Waals surface area contributed by atoms with Crippen LogP contribution in [0.15, 0.2) is 0 Å². The Hall–Kier alpha value is 0.270. The number of hydrogen-bond donors (Lipinski definition) is 0. The summed E-state index contributed by atoms with van der Waals surface area (Å²) < 4.78 is 11.0. The fraction of sp³-hybridized carbons (Fsp3) is 1.00. The van der Waals surface area contributed by atoms with Gasteiger partial charge in [-0.15, -0.1) is 0 Å². The first-order valence-electron chi connectivity index (χ1n) is 4.07. The van der Waals surface area contributed by atoms with Crippen molar-refractivity contribution in [3.05, 3.63) is 0 Å². The minimum absolute atomic E-state index is 0.357. The molecule has 0 N–H and O–H groups in total. The van der Waals surface area contributed by atoms with E-state index in [0.717, 1.165) is 12.8 Å². The lowest BCUT2D eigenvalue weighted by Crippen LogP contribution is -2.32. The third-order valence-electron chi connectivity index (χ3n) is 1.89. The lowest BCUT2D eigenvalue weighted by Gasteiger charge is -2.30. The quantitative estimate of drug-likeness (QED) is 0.601. The molecular weight excluding hydrogens is 160 g/mol. The zero-order valence-corrected chi connectivity index (χ0v) is 8.19. The largest absolute Gasteiger partial charge is 0.375 e. The van der Waals surface area contributed by atoms with E-state index in [2.05, 4.69) is 13.8 Å². The Balaban J connectivity index is 2.30. The van der Waals surface area contributed by atoms with E-state index in [1.165, 1.54) is 12.0 Å². The van der Waals surface area contributed by atoms with Gasteiger partial charge in [-0.2, -0.15) is 0 Å². The molecule has 1 aliphatic heterocycles. The molecule has 0 aromatic rings. The molecule has 0 aromatic heterocycles. The minimum atomic E-state index is 0.357. The van der Waals surface area contributed by atoms with Gasteiger partial charge >= 0.3 is 0 Å².